The molecule has 1 aromatic carbocycles. The summed E-state index contributed by atoms with van der Waals surface area (Å²) >= 11 is 0. The van der Waals surface area contributed by atoms with E-state index in [1.807, 2.05) is 31.2 Å². The lowest BCUT2D eigenvalue weighted by molar-refractivity contribution is -0.137. The lowest BCUT2D eigenvalue weighted by Crippen LogP contribution is -1.97. The van der Waals surface area contributed by atoms with Gasteiger partial charge in [-0.15, -0.1) is 0 Å². The highest BCUT2D eigenvalue weighted by molar-refractivity contribution is 5.67. The van der Waals surface area contributed by atoms with Gasteiger partial charge in [-0.3, -0.25) is 4.79 Å². The smallest absolute Gasteiger partial charge is 0.303 e. The highest BCUT2D eigenvalue weighted by atomic mass is 16.4. The SMILES string of the molecule is Cc1cccc(-c2coc(CCC(=O)O)n2)c1. The molecule has 1 N–H and O–H groups in total. The summed E-state index contributed by atoms with van der Waals surface area (Å²) in [7, 11) is 0. The van der Waals surface area contributed by atoms with Crippen molar-refractivity contribution in [1.29, 1.82) is 0 Å². The van der Waals surface area contributed by atoms with E-state index in [1.54, 1.807) is 6.26 Å². The van der Waals surface area contributed by atoms with Crippen molar-refractivity contribution >= 4 is 5.97 Å². The summed E-state index contributed by atoms with van der Waals surface area (Å²) in [5, 5.41) is 8.57. The van der Waals surface area contributed by atoms with Crippen molar-refractivity contribution in [2.75, 3.05) is 0 Å². The number of hydrogen-bond donors (Lipinski definition) is 1. The van der Waals surface area contributed by atoms with E-state index in [-0.39, 0.29) is 6.42 Å². The summed E-state index contributed by atoms with van der Waals surface area (Å²) in [6, 6.07) is 7.93. The average molecular weight is 231 g/mol. The molecule has 0 aliphatic heterocycles. The van der Waals surface area contributed by atoms with Crippen molar-refractivity contribution in [2.45, 2.75) is 19.8 Å². The van der Waals surface area contributed by atoms with Crippen molar-refractivity contribution in [3.63, 3.8) is 0 Å². The normalized spacial score (nSPS) is 10.4. The van der Waals surface area contributed by atoms with E-state index in [0.717, 1.165) is 16.8 Å². The van der Waals surface area contributed by atoms with Gasteiger partial charge in [-0.05, 0) is 13.0 Å². The standard InChI is InChI=1S/C13H13NO3/c1-9-3-2-4-10(7-9)11-8-17-12(14-11)5-6-13(15)16/h2-4,7-8H,5-6H2,1H3,(H,15,16). The summed E-state index contributed by atoms with van der Waals surface area (Å²) in [6.45, 7) is 2.01. The van der Waals surface area contributed by atoms with Crippen LogP contribution in [0.4, 0.5) is 0 Å². The zero-order chi connectivity index (χ0) is 12.3. The van der Waals surface area contributed by atoms with Gasteiger partial charge >= 0.3 is 5.97 Å². The second kappa shape index (κ2) is 4.82. The molecule has 17 heavy (non-hydrogen) atoms. The molecule has 0 fully saturated rings. The topological polar surface area (TPSA) is 63.3 Å². The number of aliphatic carboxylic acids is 1. The quantitative estimate of drug-likeness (QED) is 0.878. The van der Waals surface area contributed by atoms with Crippen LogP contribution in [0.15, 0.2) is 34.9 Å². The molecular weight excluding hydrogens is 218 g/mol. The fourth-order valence-electron chi connectivity index (χ4n) is 1.58. The zero-order valence-corrected chi connectivity index (χ0v) is 9.51. The fourth-order valence-corrected chi connectivity index (χ4v) is 1.58. The molecule has 0 radical (unpaired) electrons. The van der Waals surface area contributed by atoms with E-state index in [9.17, 15) is 4.79 Å². The molecule has 0 aliphatic carbocycles. The highest BCUT2D eigenvalue weighted by Crippen LogP contribution is 2.20. The molecule has 4 heteroatoms. The van der Waals surface area contributed by atoms with E-state index >= 15 is 0 Å². The number of oxazole rings is 1. The number of carboxylic acid groups (broad SMARTS) is 1. The summed E-state index contributed by atoms with van der Waals surface area (Å²) in [4.78, 5) is 14.7. The maximum atomic E-state index is 10.4. The monoisotopic (exact) mass is 231 g/mol. The van der Waals surface area contributed by atoms with E-state index in [4.69, 9.17) is 9.52 Å². The van der Waals surface area contributed by atoms with Crippen LogP contribution in [0.25, 0.3) is 11.3 Å². The molecule has 0 saturated carbocycles. The zero-order valence-electron chi connectivity index (χ0n) is 9.51. The minimum absolute atomic E-state index is 0.0355. The Bertz CT molecular complexity index is 531. The molecule has 2 rings (SSSR count). The summed E-state index contributed by atoms with van der Waals surface area (Å²) in [5.41, 5.74) is 2.88. The number of benzene rings is 1. The van der Waals surface area contributed by atoms with Gasteiger partial charge in [-0.25, -0.2) is 4.98 Å². The maximum absolute atomic E-state index is 10.4. The molecule has 0 atom stereocenters. The first-order valence-electron chi connectivity index (χ1n) is 5.38. The van der Waals surface area contributed by atoms with Gasteiger partial charge in [0.25, 0.3) is 0 Å². The van der Waals surface area contributed by atoms with Crippen molar-refractivity contribution < 1.29 is 14.3 Å². The van der Waals surface area contributed by atoms with E-state index in [0.29, 0.717) is 12.3 Å². The number of aryl methyl sites for hydroxylation is 2. The Labute approximate surface area is 98.9 Å². The molecule has 0 amide bonds. The van der Waals surface area contributed by atoms with Crippen LogP contribution >= 0.6 is 0 Å². The first-order chi connectivity index (χ1) is 8.15. The van der Waals surface area contributed by atoms with Gasteiger partial charge in [-0.1, -0.05) is 23.8 Å². The van der Waals surface area contributed by atoms with Crippen LogP contribution in [-0.2, 0) is 11.2 Å². The Hall–Kier alpha value is -2.10. The van der Waals surface area contributed by atoms with Gasteiger partial charge in [0, 0.05) is 12.0 Å². The molecule has 2 aromatic rings. The van der Waals surface area contributed by atoms with Crippen molar-refractivity contribution in [3.8, 4) is 11.3 Å². The molecular formula is C13H13NO3. The van der Waals surface area contributed by atoms with E-state index < -0.39 is 5.97 Å². The molecule has 0 saturated heterocycles. The van der Waals surface area contributed by atoms with Crippen LogP contribution in [0.3, 0.4) is 0 Å². The first kappa shape index (κ1) is 11.4. The maximum Gasteiger partial charge on any atom is 0.303 e. The van der Waals surface area contributed by atoms with Crippen molar-refractivity contribution in [3.05, 3.63) is 42.0 Å². The second-order valence-electron chi connectivity index (χ2n) is 3.89. The van der Waals surface area contributed by atoms with Crippen LogP contribution in [-0.4, -0.2) is 16.1 Å². The van der Waals surface area contributed by atoms with Gasteiger partial charge < -0.3 is 9.52 Å². The summed E-state index contributed by atoms with van der Waals surface area (Å²) in [5.74, 6) is -0.385. The summed E-state index contributed by atoms with van der Waals surface area (Å²) in [6.07, 6.45) is 1.92. The predicted molar refractivity (Wildman–Crippen MR) is 62.6 cm³/mol. The van der Waals surface area contributed by atoms with Crippen LogP contribution < -0.4 is 0 Å². The second-order valence-corrected chi connectivity index (χ2v) is 3.89. The highest BCUT2D eigenvalue weighted by Gasteiger charge is 2.07. The molecule has 4 nitrogen and oxygen atoms in total. The Balaban J connectivity index is 2.15. The number of hydrogen-bond acceptors (Lipinski definition) is 3. The van der Waals surface area contributed by atoms with Crippen molar-refractivity contribution in [1.82, 2.24) is 4.98 Å². The third-order valence-corrected chi connectivity index (χ3v) is 2.42. The van der Waals surface area contributed by atoms with Crippen LogP contribution in [0.5, 0.6) is 0 Å². The number of carbonyl (C=O) groups is 1. The molecule has 0 bridgehead atoms. The fraction of sp³-hybridized carbons (Fsp3) is 0.231. The van der Waals surface area contributed by atoms with E-state index in [1.165, 1.54) is 0 Å². The minimum Gasteiger partial charge on any atom is -0.481 e. The van der Waals surface area contributed by atoms with Gasteiger partial charge in [-0.2, -0.15) is 0 Å². The van der Waals surface area contributed by atoms with E-state index in [2.05, 4.69) is 4.98 Å². The lowest BCUT2D eigenvalue weighted by Gasteiger charge is -1.96. The Morgan fingerprint density at radius 2 is 2.29 bits per heavy atom. The predicted octanol–water partition coefficient (Wildman–Crippen LogP) is 2.67. The molecule has 0 aliphatic rings. The van der Waals surface area contributed by atoms with Gasteiger partial charge in [0.15, 0.2) is 5.89 Å². The first-order valence-corrected chi connectivity index (χ1v) is 5.38. The third-order valence-electron chi connectivity index (χ3n) is 2.42. The number of rotatable bonds is 4. The minimum atomic E-state index is -0.847. The number of nitrogens with zero attached hydrogens (tertiary/aromatic N) is 1. The van der Waals surface area contributed by atoms with Crippen molar-refractivity contribution in [2.24, 2.45) is 0 Å². The Morgan fingerprint density at radius 3 is 3.00 bits per heavy atom. The van der Waals surface area contributed by atoms with Crippen LogP contribution in [0.1, 0.15) is 17.9 Å². The summed E-state index contributed by atoms with van der Waals surface area (Å²) < 4.78 is 5.23. The Morgan fingerprint density at radius 1 is 1.47 bits per heavy atom. The average Bonchev–Trinajstić information content (AvgIpc) is 2.75. The molecule has 1 heterocycles. The molecule has 0 unspecified atom stereocenters. The van der Waals surface area contributed by atoms with Gasteiger partial charge in [0.2, 0.25) is 0 Å². The Kier molecular flexibility index (Phi) is 3.23. The van der Waals surface area contributed by atoms with Gasteiger partial charge in [0.1, 0.15) is 12.0 Å². The van der Waals surface area contributed by atoms with Crippen LogP contribution in [0, 0.1) is 6.92 Å². The molecule has 88 valence electrons. The molecule has 0 spiro atoms. The number of aromatic nitrogens is 1. The molecule has 1 aromatic heterocycles. The van der Waals surface area contributed by atoms with Gasteiger partial charge in [0.05, 0.1) is 6.42 Å². The number of carboxylic acids is 1. The lowest BCUT2D eigenvalue weighted by atomic mass is 10.1. The third kappa shape index (κ3) is 2.93. The largest absolute Gasteiger partial charge is 0.481 e. The van der Waals surface area contributed by atoms with Crippen LogP contribution in [0.2, 0.25) is 0 Å².